The molecular weight excluding hydrogens is 266 g/mol. The fourth-order valence-electron chi connectivity index (χ4n) is 3.54. The molecule has 3 rings (SSSR count). The SMILES string of the molecule is COc1c(-c2nc3n(c2N)C(C)CC(C)C3)c(C)nn1C. The third-order valence-corrected chi connectivity index (χ3v) is 4.34. The van der Waals surface area contributed by atoms with E-state index in [0.717, 1.165) is 41.4 Å². The number of imidazole rings is 1. The lowest BCUT2D eigenvalue weighted by Crippen LogP contribution is -2.22. The predicted octanol–water partition coefficient (Wildman–Crippen LogP) is 2.33. The first-order valence-corrected chi connectivity index (χ1v) is 7.38. The Morgan fingerprint density at radius 3 is 2.71 bits per heavy atom. The van der Waals surface area contributed by atoms with Crippen molar-refractivity contribution in [2.75, 3.05) is 12.8 Å². The van der Waals surface area contributed by atoms with Gasteiger partial charge in [-0.15, -0.1) is 0 Å². The summed E-state index contributed by atoms with van der Waals surface area (Å²) in [5.41, 5.74) is 8.99. The Hall–Kier alpha value is -1.98. The quantitative estimate of drug-likeness (QED) is 0.921. The Morgan fingerprint density at radius 2 is 2.05 bits per heavy atom. The highest BCUT2D eigenvalue weighted by Crippen LogP contribution is 2.40. The Bertz CT molecular complexity index is 685. The maximum atomic E-state index is 6.40. The van der Waals surface area contributed by atoms with Crippen LogP contribution in [0.3, 0.4) is 0 Å². The fourth-order valence-corrected chi connectivity index (χ4v) is 3.54. The summed E-state index contributed by atoms with van der Waals surface area (Å²) in [7, 11) is 3.52. The number of nitrogen functional groups attached to an aromatic ring is 1. The lowest BCUT2D eigenvalue weighted by Gasteiger charge is -2.27. The summed E-state index contributed by atoms with van der Waals surface area (Å²) in [4.78, 5) is 4.81. The van der Waals surface area contributed by atoms with Gasteiger partial charge in [-0.25, -0.2) is 9.67 Å². The smallest absolute Gasteiger partial charge is 0.221 e. The summed E-state index contributed by atoms with van der Waals surface area (Å²) in [5.74, 6) is 3.13. The van der Waals surface area contributed by atoms with Crippen LogP contribution in [0, 0.1) is 12.8 Å². The van der Waals surface area contributed by atoms with Gasteiger partial charge in [-0.05, 0) is 26.2 Å². The molecule has 0 aliphatic carbocycles. The number of aryl methyl sites for hydroxylation is 2. The monoisotopic (exact) mass is 289 g/mol. The molecule has 2 aromatic heterocycles. The van der Waals surface area contributed by atoms with Gasteiger partial charge in [0.1, 0.15) is 17.3 Å². The number of fused-ring (bicyclic) bond motifs is 1. The van der Waals surface area contributed by atoms with Gasteiger partial charge >= 0.3 is 0 Å². The molecule has 0 aromatic carbocycles. The molecule has 21 heavy (non-hydrogen) atoms. The fraction of sp³-hybridized carbons (Fsp3) is 0.600. The van der Waals surface area contributed by atoms with Gasteiger partial charge in [0, 0.05) is 19.5 Å². The van der Waals surface area contributed by atoms with Crippen LogP contribution >= 0.6 is 0 Å². The van der Waals surface area contributed by atoms with Gasteiger partial charge in [-0.1, -0.05) is 6.92 Å². The average Bonchev–Trinajstić information content (AvgIpc) is 2.86. The van der Waals surface area contributed by atoms with Gasteiger partial charge in [0.15, 0.2) is 0 Å². The molecule has 6 nitrogen and oxygen atoms in total. The number of anilines is 1. The van der Waals surface area contributed by atoms with Crippen LogP contribution in [-0.2, 0) is 13.5 Å². The van der Waals surface area contributed by atoms with Crippen molar-refractivity contribution in [1.82, 2.24) is 19.3 Å². The topological polar surface area (TPSA) is 70.9 Å². The molecule has 0 radical (unpaired) electrons. The van der Waals surface area contributed by atoms with Crippen molar-refractivity contribution < 1.29 is 4.74 Å². The minimum Gasteiger partial charge on any atom is -0.481 e. The maximum Gasteiger partial charge on any atom is 0.221 e. The van der Waals surface area contributed by atoms with E-state index in [1.165, 1.54) is 0 Å². The second-order valence-electron chi connectivity index (χ2n) is 6.12. The minimum atomic E-state index is 0.382. The molecule has 2 aromatic rings. The van der Waals surface area contributed by atoms with Crippen LogP contribution in [0.15, 0.2) is 0 Å². The molecule has 3 heterocycles. The van der Waals surface area contributed by atoms with Crippen LogP contribution in [0.5, 0.6) is 5.88 Å². The molecule has 0 amide bonds. The zero-order valence-electron chi connectivity index (χ0n) is 13.3. The lowest BCUT2D eigenvalue weighted by atomic mass is 9.95. The minimum absolute atomic E-state index is 0.382. The first-order valence-electron chi connectivity index (χ1n) is 7.38. The Kier molecular flexibility index (Phi) is 3.19. The van der Waals surface area contributed by atoms with E-state index in [1.807, 2.05) is 14.0 Å². The van der Waals surface area contributed by atoms with E-state index in [9.17, 15) is 0 Å². The van der Waals surface area contributed by atoms with Gasteiger partial charge in [0.25, 0.3) is 0 Å². The largest absolute Gasteiger partial charge is 0.481 e. The molecule has 1 aliphatic rings. The molecule has 2 N–H and O–H groups in total. The molecule has 114 valence electrons. The molecule has 0 bridgehead atoms. The van der Waals surface area contributed by atoms with Gasteiger partial charge in [-0.2, -0.15) is 5.10 Å². The van der Waals surface area contributed by atoms with Crippen molar-refractivity contribution in [2.45, 2.75) is 39.7 Å². The molecule has 0 spiro atoms. The highest BCUT2D eigenvalue weighted by Gasteiger charge is 2.29. The van der Waals surface area contributed by atoms with E-state index in [-0.39, 0.29) is 0 Å². The third kappa shape index (κ3) is 2.01. The number of ether oxygens (including phenoxy) is 1. The third-order valence-electron chi connectivity index (χ3n) is 4.34. The van der Waals surface area contributed by atoms with E-state index in [0.29, 0.717) is 17.8 Å². The van der Waals surface area contributed by atoms with E-state index in [2.05, 4.69) is 23.5 Å². The number of methoxy groups -OCH3 is 1. The lowest BCUT2D eigenvalue weighted by molar-refractivity contribution is 0.346. The number of hydrogen-bond acceptors (Lipinski definition) is 4. The van der Waals surface area contributed by atoms with Crippen LogP contribution in [-0.4, -0.2) is 26.4 Å². The molecule has 0 saturated heterocycles. The van der Waals surface area contributed by atoms with Gasteiger partial charge < -0.3 is 15.0 Å². The predicted molar refractivity (Wildman–Crippen MR) is 82.3 cm³/mol. The van der Waals surface area contributed by atoms with Crippen LogP contribution in [0.25, 0.3) is 11.3 Å². The first-order chi connectivity index (χ1) is 9.93. The van der Waals surface area contributed by atoms with Crippen molar-refractivity contribution in [3.8, 4) is 17.1 Å². The van der Waals surface area contributed by atoms with Crippen LogP contribution in [0.2, 0.25) is 0 Å². The van der Waals surface area contributed by atoms with E-state index < -0.39 is 0 Å². The molecule has 6 heteroatoms. The Labute approximate surface area is 124 Å². The second-order valence-corrected chi connectivity index (χ2v) is 6.12. The number of nitrogens with two attached hydrogens (primary N) is 1. The normalized spacial score (nSPS) is 21.4. The van der Waals surface area contributed by atoms with Crippen molar-refractivity contribution in [3.05, 3.63) is 11.5 Å². The van der Waals surface area contributed by atoms with Gasteiger partial charge in [0.05, 0.1) is 18.4 Å². The molecule has 2 unspecified atom stereocenters. The van der Waals surface area contributed by atoms with Crippen molar-refractivity contribution >= 4 is 5.82 Å². The van der Waals surface area contributed by atoms with Crippen molar-refractivity contribution in [1.29, 1.82) is 0 Å². The molecule has 1 aliphatic heterocycles. The first kappa shape index (κ1) is 14.0. The summed E-state index contributed by atoms with van der Waals surface area (Å²) in [6.07, 6.45) is 2.10. The molecule has 0 saturated carbocycles. The second kappa shape index (κ2) is 4.79. The number of hydrogen-bond donors (Lipinski definition) is 1. The van der Waals surface area contributed by atoms with Crippen LogP contribution in [0.4, 0.5) is 5.82 Å². The molecule has 2 atom stereocenters. The maximum absolute atomic E-state index is 6.40. The molecule has 0 fully saturated rings. The van der Waals surface area contributed by atoms with Crippen LogP contribution in [0.1, 0.15) is 37.8 Å². The van der Waals surface area contributed by atoms with Crippen molar-refractivity contribution in [3.63, 3.8) is 0 Å². The zero-order valence-corrected chi connectivity index (χ0v) is 13.3. The Morgan fingerprint density at radius 1 is 1.33 bits per heavy atom. The van der Waals surface area contributed by atoms with Crippen LogP contribution < -0.4 is 10.5 Å². The summed E-state index contributed by atoms with van der Waals surface area (Å²) in [6.45, 7) is 6.43. The average molecular weight is 289 g/mol. The van der Waals surface area contributed by atoms with Crippen molar-refractivity contribution in [2.24, 2.45) is 13.0 Å². The standard InChI is InChI=1S/C15H23N5O/c1-8-6-9(2)20-11(7-8)17-13(14(20)16)12-10(3)18-19(4)15(12)21-5/h8-9H,6-7,16H2,1-5H3. The van der Waals surface area contributed by atoms with E-state index in [4.69, 9.17) is 15.5 Å². The summed E-state index contributed by atoms with van der Waals surface area (Å²) < 4.78 is 9.38. The molecular formula is C15H23N5O. The summed E-state index contributed by atoms with van der Waals surface area (Å²) in [5, 5.41) is 4.43. The highest BCUT2D eigenvalue weighted by molar-refractivity contribution is 5.77. The van der Waals surface area contributed by atoms with E-state index >= 15 is 0 Å². The van der Waals surface area contributed by atoms with Gasteiger partial charge in [0.2, 0.25) is 5.88 Å². The highest BCUT2D eigenvalue weighted by atomic mass is 16.5. The Balaban J connectivity index is 2.20. The van der Waals surface area contributed by atoms with E-state index in [1.54, 1.807) is 11.8 Å². The number of rotatable bonds is 2. The summed E-state index contributed by atoms with van der Waals surface area (Å²) >= 11 is 0. The number of nitrogens with zero attached hydrogens (tertiary/aromatic N) is 4. The van der Waals surface area contributed by atoms with Gasteiger partial charge in [-0.3, -0.25) is 0 Å². The number of aromatic nitrogens is 4. The summed E-state index contributed by atoms with van der Waals surface area (Å²) in [6, 6.07) is 0.382. The zero-order chi connectivity index (χ0) is 15.3.